The molecule has 1 aliphatic rings. The summed E-state index contributed by atoms with van der Waals surface area (Å²) in [6.45, 7) is 14.9. The molecule has 1 aliphatic heterocycles. The zero-order chi connectivity index (χ0) is 31.1. The number of benzene rings is 2. The minimum Gasteiger partial charge on any atom is -0.489 e. The third-order valence-electron chi connectivity index (χ3n) is 7.80. The molecule has 228 valence electrons. The molecule has 4 aromatic rings. The molecule has 2 aromatic carbocycles. The molecule has 0 aliphatic carbocycles. The van der Waals surface area contributed by atoms with E-state index >= 15 is 0 Å². The number of carbonyl (C=O) groups excluding carboxylic acids is 1. The van der Waals surface area contributed by atoms with Crippen LogP contribution in [0, 0.1) is 20.8 Å². The summed E-state index contributed by atoms with van der Waals surface area (Å²) >= 11 is 0. The van der Waals surface area contributed by atoms with Crippen LogP contribution in [0.4, 0.5) is 11.6 Å². The molecular weight excluding hydrogens is 542 g/mol. The smallest absolute Gasteiger partial charge is 0.339 e. The lowest BCUT2D eigenvalue weighted by Gasteiger charge is -2.35. The van der Waals surface area contributed by atoms with Gasteiger partial charge in [-0.15, -0.1) is 0 Å². The predicted molar refractivity (Wildman–Crippen MR) is 170 cm³/mol. The number of aromatic nitrogens is 3. The quantitative estimate of drug-likeness (QED) is 0.217. The Labute approximate surface area is 254 Å². The van der Waals surface area contributed by atoms with Crippen molar-refractivity contribution in [1.29, 1.82) is 0 Å². The average molecular weight is 586 g/mol. The topological polar surface area (TPSA) is 82.0 Å². The van der Waals surface area contributed by atoms with E-state index in [2.05, 4.69) is 65.5 Å². The molecule has 1 atom stereocenters. The fourth-order valence-electron chi connectivity index (χ4n) is 5.80. The summed E-state index contributed by atoms with van der Waals surface area (Å²) in [5, 5.41) is 1.05. The van der Waals surface area contributed by atoms with Crippen LogP contribution in [-0.2, 0) is 20.8 Å². The second kappa shape index (κ2) is 12.0. The number of aryl methyl sites for hydroxylation is 2. The maximum atomic E-state index is 13.5. The van der Waals surface area contributed by atoms with Gasteiger partial charge in [-0.1, -0.05) is 29.8 Å². The molecule has 43 heavy (non-hydrogen) atoms. The minimum absolute atomic E-state index is 0.438. The molecule has 0 fully saturated rings. The first-order chi connectivity index (χ1) is 20.4. The van der Waals surface area contributed by atoms with Gasteiger partial charge in [0.1, 0.15) is 6.61 Å². The summed E-state index contributed by atoms with van der Waals surface area (Å²) in [5.41, 5.74) is 7.49. The first-order valence-electron chi connectivity index (χ1n) is 14.8. The molecule has 3 heterocycles. The van der Waals surface area contributed by atoms with Crippen LogP contribution < -0.4 is 9.64 Å². The van der Waals surface area contributed by atoms with E-state index in [1.165, 1.54) is 7.11 Å². The van der Waals surface area contributed by atoms with Crippen LogP contribution in [0.1, 0.15) is 49.3 Å². The number of nitrogens with zero attached hydrogens (tertiary/aromatic N) is 5. The molecule has 0 amide bonds. The van der Waals surface area contributed by atoms with Crippen molar-refractivity contribution in [2.75, 3.05) is 45.8 Å². The van der Waals surface area contributed by atoms with Gasteiger partial charge in [-0.05, 0) is 78.4 Å². The average Bonchev–Trinajstić information content (AvgIpc) is 3.29. The third kappa shape index (κ3) is 6.10. The Hall–Kier alpha value is -3.95. The summed E-state index contributed by atoms with van der Waals surface area (Å²) in [7, 11) is 5.43. The highest BCUT2D eigenvalue weighted by Gasteiger charge is 2.37. The van der Waals surface area contributed by atoms with Crippen molar-refractivity contribution < 1.29 is 19.0 Å². The predicted octanol–water partition coefficient (Wildman–Crippen LogP) is 6.14. The zero-order valence-electron chi connectivity index (χ0n) is 26.8. The monoisotopic (exact) mass is 585 g/mol. The molecule has 9 nitrogen and oxygen atoms in total. The van der Waals surface area contributed by atoms with E-state index < -0.39 is 17.7 Å². The standard InChI is InChI=1S/C34H43N5O4/c1-21-10-12-24(13-11-21)28-26-18-22(2)38-14-15-39(33-35-19-25(20-36-33)42-17-16-37(7)8)29(30(26)38)23(3)27(28)31(32(40)41-9)43-34(4,5)6/h10-13,18-20,31H,14-17H2,1-9H3/t31-/m0/s1. The minimum atomic E-state index is -0.942. The lowest BCUT2D eigenvalue weighted by Crippen LogP contribution is -2.32. The van der Waals surface area contributed by atoms with Crippen LogP contribution >= 0.6 is 0 Å². The van der Waals surface area contributed by atoms with Gasteiger partial charge in [0.05, 0.1) is 36.3 Å². The highest BCUT2D eigenvalue weighted by molar-refractivity contribution is 6.08. The maximum Gasteiger partial charge on any atom is 0.339 e. The van der Waals surface area contributed by atoms with E-state index in [1.807, 2.05) is 34.9 Å². The highest BCUT2D eigenvalue weighted by atomic mass is 16.6. The molecule has 9 heteroatoms. The first kappa shape index (κ1) is 30.5. The molecule has 0 N–H and O–H groups in total. The van der Waals surface area contributed by atoms with E-state index in [0.717, 1.165) is 63.2 Å². The number of methoxy groups -OCH3 is 1. The number of hydrogen-bond donors (Lipinski definition) is 0. The van der Waals surface area contributed by atoms with Crippen LogP contribution in [0.5, 0.6) is 5.75 Å². The van der Waals surface area contributed by atoms with Crippen molar-refractivity contribution in [3.63, 3.8) is 0 Å². The lowest BCUT2D eigenvalue weighted by molar-refractivity contribution is -0.164. The lowest BCUT2D eigenvalue weighted by atomic mass is 9.87. The van der Waals surface area contributed by atoms with Crippen LogP contribution in [0.15, 0.2) is 42.7 Å². The van der Waals surface area contributed by atoms with Gasteiger partial charge in [0.2, 0.25) is 5.95 Å². The van der Waals surface area contributed by atoms with Crippen LogP contribution in [0.2, 0.25) is 0 Å². The summed E-state index contributed by atoms with van der Waals surface area (Å²) in [6.07, 6.45) is 2.51. The Morgan fingerprint density at radius 2 is 1.72 bits per heavy atom. The van der Waals surface area contributed by atoms with Crippen molar-refractivity contribution >= 4 is 28.5 Å². The molecular formula is C34H43N5O4. The van der Waals surface area contributed by atoms with E-state index in [4.69, 9.17) is 24.2 Å². The third-order valence-corrected chi connectivity index (χ3v) is 7.80. The molecule has 0 unspecified atom stereocenters. The second-order valence-corrected chi connectivity index (χ2v) is 12.5. The van der Waals surface area contributed by atoms with Gasteiger partial charge in [0.15, 0.2) is 11.9 Å². The van der Waals surface area contributed by atoms with Crippen molar-refractivity contribution in [2.24, 2.45) is 0 Å². The van der Waals surface area contributed by atoms with Gasteiger partial charge in [-0.2, -0.15) is 0 Å². The van der Waals surface area contributed by atoms with Crippen LogP contribution in [0.25, 0.3) is 22.0 Å². The molecule has 2 aromatic heterocycles. The van der Waals surface area contributed by atoms with E-state index in [1.54, 1.807) is 12.4 Å². The van der Waals surface area contributed by atoms with Crippen LogP contribution in [-0.4, -0.2) is 71.9 Å². The van der Waals surface area contributed by atoms with Gasteiger partial charge in [0, 0.05) is 36.3 Å². The highest BCUT2D eigenvalue weighted by Crippen LogP contribution is 2.49. The SMILES string of the molecule is COC(=O)[C@@H](OC(C)(C)C)c1c(C)c2c3c(cc(C)n3CCN2c2ncc(OCCN(C)C)cn2)c1-c1ccc(C)cc1. The number of likely N-dealkylation sites (N-methyl/N-ethyl adjacent to an activating group) is 1. The molecule has 0 bridgehead atoms. The van der Waals surface area contributed by atoms with E-state index in [-0.39, 0.29) is 0 Å². The summed E-state index contributed by atoms with van der Waals surface area (Å²) in [5.74, 6) is 0.769. The fourth-order valence-corrected chi connectivity index (χ4v) is 5.80. The Balaban J connectivity index is 1.75. The number of rotatable bonds is 9. The first-order valence-corrected chi connectivity index (χ1v) is 14.8. The van der Waals surface area contributed by atoms with Gasteiger partial charge in [-0.25, -0.2) is 14.8 Å². The molecule has 5 rings (SSSR count). The second-order valence-electron chi connectivity index (χ2n) is 12.5. The van der Waals surface area contributed by atoms with Crippen molar-refractivity contribution in [3.8, 4) is 16.9 Å². The summed E-state index contributed by atoms with van der Waals surface area (Å²) < 4.78 is 20.1. The Morgan fingerprint density at radius 3 is 2.33 bits per heavy atom. The normalized spacial score (nSPS) is 14.0. The molecule has 0 spiro atoms. The number of esters is 1. The van der Waals surface area contributed by atoms with E-state index in [9.17, 15) is 4.79 Å². The zero-order valence-corrected chi connectivity index (χ0v) is 26.8. The van der Waals surface area contributed by atoms with E-state index in [0.29, 0.717) is 24.8 Å². The molecule has 0 saturated heterocycles. The number of ether oxygens (including phenoxy) is 3. The van der Waals surface area contributed by atoms with Gasteiger partial charge in [0.25, 0.3) is 0 Å². The maximum absolute atomic E-state index is 13.5. The summed E-state index contributed by atoms with van der Waals surface area (Å²) in [4.78, 5) is 27.2. The van der Waals surface area contributed by atoms with Crippen molar-refractivity contribution in [1.82, 2.24) is 19.4 Å². The van der Waals surface area contributed by atoms with Gasteiger partial charge >= 0.3 is 5.97 Å². The van der Waals surface area contributed by atoms with Gasteiger partial charge < -0.3 is 28.6 Å². The molecule has 0 radical (unpaired) electrons. The Morgan fingerprint density at radius 1 is 1.05 bits per heavy atom. The van der Waals surface area contributed by atoms with Crippen molar-refractivity contribution in [2.45, 2.75) is 59.8 Å². The summed E-state index contributed by atoms with van der Waals surface area (Å²) in [6, 6.07) is 10.7. The van der Waals surface area contributed by atoms with Gasteiger partial charge in [-0.3, -0.25) is 0 Å². The largest absolute Gasteiger partial charge is 0.489 e. The molecule has 0 saturated carbocycles. The fraction of sp³-hybridized carbons (Fsp3) is 0.441. The number of carbonyl (C=O) groups is 1. The van der Waals surface area contributed by atoms with Crippen LogP contribution in [0.3, 0.4) is 0 Å². The Bertz CT molecular complexity index is 1620. The number of hydrogen-bond acceptors (Lipinski definition) is 8. The Kier molecular flexibility index (Phi) is 8.49. The number of anilines is 2. The van der Waals surface area contributed by atoms with Crippen molar-refractivity contribution in [3.05, 3.63) is 65.1 Å².